The Morgan fingerprint density at radius 3 is 2.70 bits per heavy atom. The van der Waals surface area contributed by atoms with Gasteiger partial charge in [-0.3, -0.25) is 10.1 Å². The van der Waals surface area contributed by atoms with Crippen molar-refractivity contribution in [3.05, 3.63) is 32.3 Å². The van der Waals surface area contributed by atoms with Crippen molar-refractivity contribution in [3.8, 4) is 0 Å². The van der Waals surface area contributed by atoms with Gasteiger partial charge in [-0.15, -0.1) is 0 Å². The number of halogens is 2. The summed E-state index contributed by atoms with van der Waals surface area (Å²) in [4.78, 5) is 23.8. The van der Waals surface area contributed by atoms with E-state index in [1.807, 2.05) is 4.90 Å². The maximum absolute atomic E-state index is 11.5. The summed E-state index contributed by atoms with van der Waals surface area (Å²) in [6.07, 6.45) is 1.19. The number of hydrogen-bond acceptors (Lipinski definition) is 5. The van der Waals surface area contributed by atoms with Gasteiger partial charge in [0.05, 0.1) is 27.3 Å². The Morgan fingerprint density at radius 2 is 2.13 bits per heavy atom. The molecule has 1 aromatic rings. The summed E-state index contributed by atoms with van der Waals surface area (Å²) >= 11 is 12.3. The molecule has 23 heavy (non-hydrogen) atoms. The van der Waals surface area contributed by atoms with E-state index in [-0.39, 0.29) is 21.8 Å². The highest BCUT2D eigenvalue weighted by molar-refractivity contribution is 6.39. The van der Waals surface area contributed by atoms with Crippen LogP contribution >= 0.6 is 23.2 Å². The second-order valence-corrected chi connectivity index (χ2v) is 5.98. The van der Waals surface area contributed by atoms with Crippen LogP contribution in [0.15, 0.2) is 12.1 Å². The molecule has 1 heterocycles. The Kier molecular flexibility index (Phi) is 5.90. The summed E-state index contributed by atoms with van der Waals surface area (Å²) in [6, 6.07) is 2.47. The van der Waals surface area contributed by atoms with Gasteiger partial charge in [-0.1, -0.05) is 23.2 Å². The predicted molar refractivity (Wildman–Crippen MR) is 88.5 cm³/mol. The van der Waals surface area contributed by atoms with Crippen molar-refractivity contribution in [1.29, 1.82) is 0 Å². The summed E-state index contributed by atoms with van der Waals surface area (Å²) in [5.41, 5.74) is 0.399. The van der Waals surface area contributed by atoms with Crippen LogP contribution in [0.1, 0.15) is 19.8 Å². The predicted octanol–water partition coefficient (Wildman–Crippen LogP) is 3.62. The van der Waals surface area contributed by atoms with Crippen molar-refractivity contribution in [3.63, 3.8) is 0 Å². The van der Waals surface area contributed by atoms with Crippen molar-refractivity contribution in [1.82, 2.24) is 5.32 Å². The zero-order chi connectivity index (χ0) is 17.0. The number of hydrogen-bond donors (Lipinski definition) is 1. The van der Waals surface area contributed by atoms with Gasteiger partial charge < -0.3 is 15.0 Å². The molecule has 0 bridgehead atoms. The number of alkyl carbamates (subject to hydrolysis) is 1. The average Bonchev–Trinajstić information content (AvgIpc) is 2.47. The van der Waals surface area contributed by atoms with Crippen LogP contribution in [0.4, 0.5) is 16.2 Å². The first-order valence-electron chi connectivity index (χ1n) is 7.24. The Morgan fingerprint density at radius 1 is 1.48 bits per heavy atom. The fourth-order valence-electron chi connectivity index (χ4n) is 2.60. The highest BCUT2D eigenvalue weighted by Crippen LogP contribution is 2.38. The Hall–Kier alpha value is -1.73. The molecule has 1 unspecified atom stereocenters. The number of rotatable bonds is 4. The molecule has 0 aliphatic carbocycles. The van der Waals surface area contributed by atoms with Crippen LogP contribution in [0, 0.1) is 10.1 Å². The minimum Gasteiger partial charge on any atom is -0.450 e. The smallest absolute Gasteiger partial charge is 0.407 e. The number of anilines is 1. The molecular weight excluding hydrogens is 345 g/mol. The number of nitrogens with zero attached hydrogens (tertiary/aromatic N) is 2. The lowest BCUT2D eigenvalue weighted by atomic mass is 10.0. The van der Waals surface area contributed by atoms with Gasteiger partial charge in [0.1, 0.15) is 0 Å². The van der Waals surface area contributed by atoms with Crippen molar-refractivity contribution in [2.75, 3.05) is 24.6 Å². The highest BCUT2D eigenvalue weighted by Gasteiger charge is 2.26. The van der Waals surface area contributed by atoms with E-state index in [1.54, 1.807) is 6.92 Å². The van der Waals surface area contributed by atoms with Crippen LogP contribution in [-0.2, 0) is 4.74 Å². The SMILES string of the molecule is CCOC(=O)NC1CCCN(c2c(Cl)cc([N+](=O)[O-])cc2Cl)C1. The molecule has 0 spiro atoms. The number of piperidine rings is 1. The number of nitro groups is 1. The largest absolute Gasteiger partial charge is 0.450 e. The van der Waals surface area contributed by atoms with Gasteiger partial charge in [0, 0.05) is 31.3 Å². The molecule has 1 aliphatic heterocycles. The van der Waals surface area contributed by atoms with E-state index in [2.05, 4.69) is 5.32 Å². The third-order valence-electron chi connectivity index (χ3n) is 3.55. The number of non-ortho nitro benzene ring substituents is 1. The number of carbonyl (C=O) groups is 1. The summed E-state index contributed by atoms with van der Waals surface area (Å²) in [6.45, 7) is 3.26. The maximum Gasteiger partial charge on any atom is 0.407 e. The van der Waals surface area contributed by atoms with Crippen LogP contribution in [0.25, 0.3) is 0 Å². The van der Waals surface area contributed by atoms with E-state index in [1.165, 1.54) is 12.1 Å². The normalized spacial score (nSPS) is 17.7. The first-order valence-corrected chi connectivity index (χ1v) is 7.99. The quantitative estimate of drug-likeness (QED) is 0.653. The molecule has 7 nitrogen and oxygen atoms in total. The highest BCUT2D eigenvalue weighted by atomic mass is 35.5. The van der Waals surface area contributed by atoms with E-state index in [4.69, 9.17) is 27.9 Å². The summed E-state index contributed by atoms with van der Waals surface area (Å²) < 4.78 is 4.88. The minimum absolute atomic E-state index is 0.0925. The van der Waals surface area contributed by atoms with Crippen LogP contribution in [0.2, 0.25) is 10.0 Å². The zero-order valence-electron chi connectivity index (χ0n) is 12.6. The van der Waals surface area contributed by atoms with E-state index in [0.29, 0.717) is 25.4 Å². The molecule has 2 rings (SSSR count). The molecule has 1 N–H and O–H groups in total. The van der Waals surface area contributed by atoms with Gasteiger partial charge in [0.15, 0.2) is 0 Å². The van der Waals surface area contributed by atoms with Crippen molar-refractivity contribution < 1.29 is 14.5 Å². The van der Waals surface area contributed by atoms with E-state index < -0.39 is 11.0 Å². The fourth-order valence-corrected chi connectivity index (χ4v) is 3.31. The molecule has 0 radical (unpaired) electrons. The number of nitro benzene ring substituents is 1. The molecule has 9 heteroatoms. The van der Waals surface area contributed by atoms with Gasteiger partial charge in [0.2, 0.25) is 0 Å². The fraction of sp³-hybridized carbons (Fsp3) is 0.500. The maximum atomic E-state index is 11.5. The molecule has 0 aromatic heterocycles. The standard InChI is InChI=1S/C14H17Cl2N3O4/c1-2-23-14(20)17-9-4-3-5-18(8-9)13-11(15)6-10(19(21)22)7-12(13)16/h6-7,9H,2-5,8H2,1H3,(H,17,20). The molecule has 126 valence electrons. The number of amides is 1. The van der Waals surface area contributed by atoms with E-state index >= 15 is 0 Å². The summed E-state index contributed by atoms with van der Waals surface area (Å²) in [7, 11) is 0. The van der Waals surface area contributed by atoms with Crippen LogP contribution in [0.3, 0.4) is 0 Å². The van der Waals surface area contributed by atoms with E-state index in [9.17, 15) is 14.9 Å². The van der Waals surface area contributed by atoms with Crippen molar-refractivity contribution >= 4 is 40.7 Å². The van der Waals surface area contributed by atoms with Crippen LogP contribution in [-0.4, -0.2) is 36.8 Å². The summed E-state index contributed by atoms with van der Waals surface area (Å²) in [5, 5.41) is 14.1. The van der Waals surface area contributed by atoms with Crippen molar-refractivity contribution in [2.45, 2.75) is 25.8 Å². The molecular formula is C14H17Cl2N3O4. The van der Waals surface area contributed by atoms with Gasteiger partial charge in [-0.25, -0.2) is 4.79 Å². The number of nitrogens with one attached hydrogen (secondary N) is 1. The third kappa shape index (κ3) is 4.39. The molecule has 1 fully saturated rings. The first kappa shape index (κ1) is 17.6. The van der Waals surface area contributed by atoms with Crippen molar-refractivity contribution in [2.24, 2.45) is 0 Å². The second kappa shape index (κ2) is 7.70. The third-order valence-corrected chi connectivity index (χ3v) is 4.12. The Balaban J connectivity index is 2.15. The van der Waals surface area contributed by atoms with Gasteiger partial charge >= 0.3 is 6.09 Å². The van der Waals surface area contributed by atoms with Gasteiger partial charge in [-0.05, 0) is 19.8 Å². The molecule has 1 amide bonds. The lowest BCUT2D eigenvalue weighted by Crippen LogP contribution is -2.48. The first-order chi connectivity index (χ1) is 10.9. The second-order valence-electron chi connectivity index (χ2n) is 5.17. The monoisotopic (exact) mass is 361 g/mol. The number of benzene rings is 1. The summed E-state index contributed by atoms with van der Waals surface area (Å²) in [5.74, 6) is 0. The number of carbonyl (C=O) groups excluding carboxylic acids is 1. The Bertz CT molecular complexity index is 589. The van der Waals surface area contributed by atoms with Gasteiger partial charge in [-0.2, -0.15) is 0 Å². The van der Waals surface area contributed by atoms with E-state index in [0.717, 1.165) is 12.8 Å². The number of ether oxygens (including phenoxy) is 1. The Labute approximate surface area is 143 Å². The average molecular weight is 362 g/mol. The molecule has 1 atom stereocenters. The topological polar surface area (TPSA) is 84.7 Å². The lowest BCUT2D eigenvalue weighted by Gasteiger charge is -2.35. The van der Waals surface area contributed by atoms with Gasteiger partial charge in [0.25, 0.3) is 5.69 Å². The molecule has 1 aliphatic rings. The zero-order valence-corrected chi connectivity index (χ0v) is 14.1. The van der Waals surface area contributed by atoms with Crippen LogP contribution in [0.5, 0.6) is 0 Å². The molecule has 1 saturated heterocycles. The molecule has 0 saturated carbocycles. The lowest BCUT2D eigenvalue weighted by molar-refractivity contribution is -0.384. The minimum atomic E-state index is -0.539. The van der Waals surface area contributed by atoms with Crippen LogP contribution < -0.4 is 10.2 Å². The molecule has 1 aromatic carbocycles.